The molecule has 0 saturated carbocycles. The van der Waals surface area contributed by atoms with Crippen LogP contribution in [-0.4, -0.2) is 24.6 Å². The van der Waals surface area contributed by atoms with Crippen molar-refractivity contribution in [1.82, 2.24) is 9.38 Å². The summed E-state index contributed by atoms with van der Waals surface area (Å²) in [6, 6.07) is 4.78. The molecule has 0 unspecified atom stereocenters. The fraction of sp³-hybridized carbons (Fsp3) is 0.0833. The Morgan fingerprint density at radius 3 is 3.00 bits per heavy atom. The topological polar surface area (TPSA) is 81.9 Å². The molecule has 1 aliphatic rings. The third-order valence-electron chi connectivity index (χ3n) is 3.06. The minimum Gasteiger partial charge on any atom is -0.454 e. The van der Waals surface area contributed by atoms with Crippen LogP contribution in [0.4, 0.5) is 5.69 Å². The normalized spacial score (nSPS) is 13.7. The van der Waals surface area contributed by atoms with E-state index in [9.17, 15) is 8.42 Å². The monoisotopic (exact) mass is 357 g/mol. The van der Waals surface area contributed by atoms with Crippen LogP contribution in [0.5, 0.6) is 11.5 Å². The summed E-state index contributed by atoms with van der Waals surface area (Å²) in [6.45, 7) is 0.121. The van der Waals surface area contributed by atoms with Crippen LogP contribution in [0, 0.1) is 0 Å². The second-order valence-electron chi connectivity index (χ2n) is 4.44. The predicted octanol–water partition coefficient (Wildman–Crippen LogP) is 2.58. The fourth-order valence-corrected chi connectivity index (χ4v) is 4.65. The van der Waals surface area contributed by atoms with Crippen molar-refractivity contribution in [1.29, 1.82) is 0 Å². The van der Waals surface area contributed by atoms with Crippen LogP contribution in [0.3, 0.4) is 0 Å². The first kappa shape index (κ1) is 13.7. The number of fused-ring (bicyclic) bond motifs is 2. The molecule has 3 heterocycles. The van der Waals surface area contributed by atoms with Crippen molar-refractivity contribution < 1.29 is 17.9 Å². The molecule has 0 radical (unpaired) electrons. The number of anilines is 1. The molecule has 114 valence electrons. The lowest BCUT2D eigenvalue weighted by atomic mass is 10.3. The quantitative estimate of drug-likeness (QED) is 0.779. The van der Waals surface area contributed by atoms with Crippen LogP contribution in [0.25, 0.3) is 4.96 Å². The van der Waals surface area contributed by atoms with E-state index in [0.29, 0.717) is 22.1 Å². The van der Waals surface area contributed by atoms with Crippen molar-refractivity contribution in [2.75, 3.05) is 11.5 Å². The summed E-state index contributed by atoms with van der Waals surface area (Å²) in [6.07, 6.45) is 1.60. The number of imidazole rings is 1. The third-order valence-corrected chi connectivity index (χ3v) is 5.59. The molecule has 7 nitrogen and oxygen atoms in total. The Morgan fingerprint density at radius 2 is 2.14 bits per heavy atom. The van der Waals surface area contributed by atoms with Gasteiger partial charge < -0.3 is 9.47 Å². The van der Waals surface area contributed by atoms with Gasteiger partial charge in [-0.3, -0.25) is 9.12 Å². The Labute approximate surface area is 134 Å². The van der Waals surface area contributed by atoms with E-state index in [-0.39, 0.29) is 17.0 Å². The van der Waals surface area contributed by atoms with Crippen molar-refractivity contribution in [2.45, 2.75) is 5.03 Å². The first-order chi connectivity index (χ1) is 10.5. The van der Waals surface area contributed by atoms with E-state index in [1.165, 1.54) is 15.7 Å². The van der Waals surface area contributed by atoms with E-state index >= 15 is 0 Å². The summed E-state index contributed by atoms with van der Waals surface area (Å²) < 4.78 is 39.5. The van der Waals surface area contributed by atoms with Crippen molar-refractivity contribution in [3.05, 3.63) is 34.9 Å². The summed E-state index contributed by atoms with van der Waals surface area (Å²) >= 11 is 7.26. The Balaban J connectivity index is 1.75. The third kappa shape index (κ3) is 2.09. The van der Waals surface area contributed by atoms with E-state index in [0.717, 1.165) is 0 Å². The summed E-state index contributed by atoms with van der Waals surface area (Å²) in [5.41, 5.74) is 0.352. The molecule has 10 heteroatoms. The molecule has 1 aromatic carbocycles. The minimum absolute atomic E-state index is 0.0694. The van der Waals surface area contributed by atoms with Gasteiger partial charge in [0, 0.05) is 17.6 Å². The van der Waals surface area contributed by atoms with Gasteiger partial charge in [-0.15, -0.1) is 11.3 Å². The fourth-order valence-electron chi connectivity index (χ4n) is 2.14. The highest BCUT2D eigenvalue weighted by Crippen LogP contribution is 2.35. The molecule has 2 aromatic heterocycles. The Kier molecular flexibility index (Phi) is 2.96. The standard InChI is InChI=1S/C12H8ClN3O4S2/c13-10-11(16-3-4-21-12(16)14-10)22(17,18)15-7-1-2-8-9(5-7)20-6-19-8/h1-5,15H,6H2. The number of sulfonamides is 1. The zero-order valence-electron chi connectivity index (χ0n) is 10.8. The maximum absolute atomic E-state index is 12.6. The van der Waals surface area contributed by atoms with E-state index in [4.69, 9.17) is 21.1 Å². The highest BCUT2D eigenvalue weighted by Gasteiger charge is 2.26. The van der Waals surface area contributed by atoms with Gasteiger partial charge in [0.2, 0.25) is 6.79 Å². The number of hydrogen-bond donors (Lipinski definition) is 1. The smallest absolute Gasteiger partial charge is 0.281 e. The van der Waals surface area contributed by atoms with Gasteiger partial charge >= 0.3 is 0 Å². The molecule has 4 rings (SSSR count). The first-order valence-corrected chi connectivity index (χ1v) is 8.82. The number of aromatic nitrogens is 2. The highest BCUT2D eigenvalue weighted by atomic mass is 35.5. The van der Waals surface area contributed by atoms with Crippen LogP contribution in [0.1, 0.15) is 0 Å². The lowest BCUT2D eigenvalue weighted by Gasteiger charge is -2.08. The van der Waals surface area contributed by atoms with Crippen molar-refractivity contribution in [3.63, 3.8) is 0 Å². The molecule has 22 heavy (non-hydrogen) atoms. The Bertz CT molecular complexity index is 980. The van der Waals surface area contributed by atoms with Gasteiger partial charge in [-0.25, -0.2) is 4.98 Å². The molecular weight excluding hydrogens is 350 g/mol. The van der Waals surface area contributed by atoms with Crippen LogP contribution in [0.15, 0.2) is 34.8 Å². The van der Waals surface area contributed by atoms with Gasteiger partial charge in [0.1, 0.15) is 0 Å². The second kappa shape index (κ2) is 4.77. The van der Waals surface area contributed by atoms with Crippen molar-refractivity contribution in [2.24, 2.45) is 0 Å². The van der Waals surface area contributed by atoms with Crippen LogP contribution >= 0.6 is 22.9 Å². The van der Waals surface area contributed by atoms with Crippen LogP contribution in [-0.2, 0) is 10.0 Å². The summed E-state index contributed by atoms with van der Waals surface area (Å²) in [7, 11) is -3.89. The summed E-state index contributed by atoms with van der Waals surface area (Å²) in [5, 5.41) is 1.57. The lowest BCUT2D eigenvalue weighted by Crippen LogP contribution is -2.15. The van der Waals surface area contributed by atoms with E-state index in [2.05, 4.69) is 9.71 Å². The number of halogens is 1. The molecule has 1 aliphatic heterocycles. The average Bonchev–Trinajstić information content (AvgIpc) is 3.11. The second-order valence-corrected chi connectivity index (χ2v) is 7.27. The molecule has 0 bridgehead atoms. The molecule has 0 aliphatic carbocycles. The summed E-state index contributed by atoms with van der Waals surface area (Å²) in [5.74, 6) is 1.06. The van der Waals surface area contributed by atoms with Gasteiger partial charge in [-0.05, 0) is 12.1 Å². The van der Waals surface area contributed by atoms with E-state index < -0.39 is 10.0 Å². The van der Waals surface area contributed by atoms with Gasteiger partial charge in [0.25, 0.3) is 10.0 Å². The number of benzene rings is 1. The van der Waals surface area contributed by atoms with Crippen molar-refractivity contribution >= 4 is 43.6 Å². The largest absolute Gasteiger partial charge is 0.454 e. The van der Waals surface area contributed by atoms with E-state index in [1.54, 1.807) is 29.8 Å². The van der Waals surface area contributed by atoms with Crippen molar-refractivity contribution in [3.8, 4) is 11.5 Å². The summed E-state index contributed by atoms with van der Waals surface area (Å²) in [4.78, 5) is 4.53. The molecule has 3 aromatic rings. The Hall–Kier alpha value is -1.97. The van der Waals surface area contributed by atoms with Gasteiger partial charge in [0.05, 0.1) is 5.69 Å². The number of ether oxygens (including phenoxy) is 2. The SMILES string of the molecule is O=S(=O)(Nc1ccc2c(c1)OCO2)c1c(Cl)nc2sccn12. The maximum atomic E-state index is 12.6. The highest BCUT2D eigenvalue weighted by molar-refractivity contribution is 7.92. The molecule has 1 N–H and O–H groups in total. The van der Waals surface area contributed by atoms with Gasteiger partial charge in [0.15, 0.2) is 26.6 Å². The molecule has 0 atom stereocenters. The zero-order valence-corrected chi connectivity index (χ0v) is 13.2. The number of thiazole rings is 1. The number of nitrogens with one attached hydrogen (secondary N) is 1. The molecule has 0 fully saturated rings. The number of nitrogens with zero attached hydrogens (tertiary/aromatic N) is 2. The zero-order chi connectivity index (χ0) is 15.3. The molecule has 0 amide bonds. The lowest BCUT2D eigenvalue weighted by molar-refractivity contribution is 0.174. The average molecular weight is 358 g/mol. The van der Waals surface area contributed by atoms with Gasteiger partial charge in [-0.1, -0.05) is 11.6 Å². The van der Waals surface area contributed by atoms with E-state index in [1.807, 2.05) is 0 Å². The Morgan fingerprint density at radius 1 is 1.32 bits per heavy atom. The van der Waals surface area contributed by atoms with Gasteiger partial charge in [-0.2, -0.15) is 8.42 Å². The maximum Gasteiger partial charge on any atom is 0.281 e. The van der Waals surface area contributed by atoms with Crippen LogP contribution < -0.4 is 14.2 Å². The van der Waals surface area contributed by atoms with Crippen LogP contribution in [0.2, 0.25) is 5.15 Å². The first-order valence-electron chi connectivity index (χ1n) is 6.08. The minimum atomic E-state index is -3.89. The molecular formula is C12H8ClN3O4S2. The molecule has 0 spiro atoms. The number of rotatable bonds is 3. The number of hydrogen-bond acceptors (Lipinski definition) is 6. The predicted molar refractivity (Wildman–Crippen MR) is 81.5 cm³/mol. The molecule has 0 saturated heterocycles.